The monoisotopic (exact) mass is 327 g/mol. The van der Waals surface area contributed by atoms with E-state index in [4.69, 9.17) is 0 Å². The number of benzene rings is 1. The third-order valence-electron chi connectivity index (χ3n) is 3.75. The van der Waals surface area contributed by atoms with Crippen LogP contribution in [-0.2, 0) is 6.54 Å². The largest absolute Gasteiger partial charge is 0.302 e. The molecule has 0 saturated heterocycles. The molecule has 23 heavy (non-hydrogen) atoms. The molecule has 0 aliphatic heterocycles. The molecule has 0 radical (unpaired) electrons. The lowest BCUT2D eigenvalue weighted by atomic mass is 10.2. The minimum Gasteiger partial charge on any atom is -0.302 e. The molecule has 4 rings (SSSR count). The van der Waals surface area contributed by atoms with Crippen LogP contribution in [0.4, 0.5) is 4.39 Å². The van der Waals surface area contributed by atoms with Crippen molar-refractivity contribution in [3.05, 3.63) is 48.8 Å². The SMILES string of the molecule is C=CCn1c(Sc2ncnc3ccc(F)cc23)nnc1C1CC1. The lowest BCUT2D eigenvalue weighted by molar-refractivity contribution is 0.629. The molecule has 7 heteroatoms. The van der Waals surface area contributed by atoms with Crippen LogP contribution in [0.15, 0.2) is 47.4 Å². The van der Waals surface area contributed by atoms with Gasteiger partial charge in [0, 0.05) is 17.8 Å². The zero-order valence-corrected chi connectivity index (χ0v) is 13.1. The Morgan fingerprint density at radius 1 is 1.30 bits per heavy atom. The summed E-state index contributed by atoms with van der Waals surface area (Å²) in [6, 6.07) is 4.50. The maximum Gasteiger partial charge on any atom is 0.197 e. The number of hydrogen-bond donors (Lipinski definition) is 0. The van der Waals surface area contributed by atoms with Gasteiger partial charge in [-0.3, -0.25) is 0 Å². The van der Waals surface area contributed by atoms with E-state index in [0.717, 1.165) is 23.8 Å². The van der Waals surface area contributed by atoms with Gasteiger partial charge in [0.15, 0.2) is 5.16 Å². The molecule has 5 nitrogen and oxygen atoms in total. The molecule has 0 unspecified atom stereocenters. The Labute approximate surface area is 136 Å². The van der Waals surface area contributed by atoms with Crippen molar-refractivity contribution in [3.8, 4) is 0 Å². The summed E-state index contributed by atoms with van der Waals surface area (Å²) >= 11 is 1.38. The van der Waals surface area contributed by atoms with E-state index in [9.17, 15) is 4.39 Å². The number of fused-ring (bicyclic) bond motifs is 1. The van der Waals surface area contributed by atoms with Crippen molar-refractivity contribution < 1.29 is 4.39 Å². The van der Waals surface area contributed by atoms with Crippen molar-refractivity contribution in [1.82, 2.24) is 24.7 Å². The van der Waals surface area contributed by atoms with Crippen LogP contribution < -0.4 is 0 Å². The number of aromatic nitrogens is 5. The molecule has 0 bridgehead atoms. The first-order valence-electron chi connectivity index (χ1n) is 7.38. The van der Waals surface area contributed by atoms with Gasteiger partial charge >= 0.3 is 0 Å². The van der Waals surface area contributed by atoms with Crippen LogP contribution in [0.25, 0.3) is 10.9 Å². The van der Waals surface area contributed by atoms with Gasteiger partial charge in [0.2, 0.25) is 0 Å². The molecule has 116 valence electrons. The molecule has 1 aliphatic rings. The van der Waals surface area contributed by atoms with Gasteiger partial charge in [0.05, 0.1) is 5.52 Å². The predicted molar refractivity (Wildman–Crippen MR) is 85.8 cm³/mol. The average molecular weight is 327 g/mol. The first-order chi connectivity index (χ1) is 11.3. The van der Waals surface area contributed by atoms with E-state index in [0.29, 0.717) is 28.4 Å². The van der Waals surface area contributed by atoms with Gasteiger partial charge in [-0.1, -0.05) is 6.08 Å². The molecule has 2 heterocycles. The van der Waals surface area contributed by atoms with E-state index in [1.807, 2.05) is 6.08 Å². The summed E-state index contributed by atoms with van der Waals surface area (Å²) in [5.74, 6) is 1.19. The summed E-state index contributed by atoms with van der Waals surface area (Å²) in [6.07, 6.45) is 5.62. The number of allylic oxidation sites excluding steroid dienone is 1. The maximum absolute atomic E-state index is 13.6. The fourth-order valence-corrected chi connectivity index (χ4v) is 3.40. The quantitative estimate of drug-likeness (QED) is 0.529. The second-order valence-electron chi connectivity index (χ2n) is 5.46. The van der Waals surface area contributed by atoms with Crippen LogP contribution in [0, 0.1) is 5.82 Å². The maximum atomic E-state index is 13.6. The van der Waals surface area contributed by atoms with Crippen LogP contribution >= 0.6 is 11.8 Å². The molecular formula is C16H14FN5S. The van der Waals surface area contributed by atoms with Gasteiger partial charge in [-0.15, -0.1) is 16.8 Å². The Morgan fingerprint density at radius 2 is 2.17 bits per heavy atom. The molecule has 3 aromatic rings. The highest BCUT2D eigenvalue weighted by atomic mass is 32.2. The van der Waals surface area contributed by atoms with Gasteiger partial charge in [-0.2, -0.15) is 0 Å². The second kappa shape index (κ2) is 5.73. The molecule has 0 spiro atoms. The molecule has 2 aromatic heterocycles. The van der Waals surface area contributed by atoms with E-state index >= 15 is 0 Å². The third-order valence-corrected chi connectivity index (χ3v) is 4.75. The first-order valence-corrected chi connectivity index (χ1v) is 8.20. The highest BCUT2D eigenvalue weighted by Crippen LogP contribution is 2.41. The van der Waals surface area contributed by atoms with Gasteiger partial charge in [-0.05, 0) is 42.8 Å². The third kappa shape index (κ3) is 2.72. The van der Waals surface area contributed by atoms with Gasteiger partial charge in [0.25, 0.3) is 0 Å². The summed E-state index contributed by atoms with van der Waals surface area (Å²) in [6.45, 7) is 4.46. The minimum atomic E-state index is -0.305. The van der Waals surface area contributed by atoms with E-state index in [-0.39, 0.29) is 5.82 Å². The topological polar surface area (TPSA) is 56.5 Å². The zero-order valence-electron chi connectivity index (χ0n) is 12.3. The molecule has 0 amide bonds. The number of rotatable bonds is 5. The van der Waals surface area contributed by atoms with Crippen LogP contribution in [-0.4, -0.2) is 24.7 Å². The summed E-state index contributed by atoms with van der Waals surface area (Å²) in [4.78, 5) is 8.47. The number of hydrogen-bond acceptors (Lipinski definition) is 5. The van der Waals surface area contributed by atoms with Gasteiger partial charge < -0.3 is 4.57 Å². The number of nitrogens with zero attached hydrogens (tertiary/aromatic N) is 5. The summed E-state index contributed by atoms with van der Waals surface area (Å²) in [5.41, 5.74) is 0.709. The Kier molecular flexibility index (Phi) is 3.57. The zero-order chi connectivity index (χ0) is 15.8. The highest BCUT2D eigenvalue weighted by molar-refractivity contribution is 7.99. The van der Waals surface area contributed by atoms with Crippen molar-refractivity contribution in [2.24, 2.45) is 0 Å². The van der Waals surface area contributed by atoms with Crippen LogP contribution in [0.5, 0.6) is 0 Å². The average Bonchev–Trinajstić information content (AvgIpc) is 3.32. The molecular weight excluding hydrogens is 313 g/mol. The molecule has 0 N–H and O–H groups in total. The Morgan fingerprint density at radius 3 is 2.96 bits per heavy atom. The molecule has 1 saturated carbocycles. The fraction of sp³-hybridized carbons (Fsp3) is 0.250. The van der Waals surface area contributed by atoms with Crippen LogP contribution in [0.3, 0.4) is 0 Å². The standard InChI is InChI=1S/C16H14FN5S/c1-2-7-22-14(10-3-4-10)20-21-16(22)23-15-12-8-11(17)5-6-13(12)18-9-19-15/h2,5-6,8-10H,1,3-4,7H2. The van der Waals surface area contributed by atoms with E-state index < -0.39 is 0 Å². The van der Waals surface area contributed by atoms with E-state index in [2.05, 4.69) is 31.3 Å². The predicted octanol–water partition coefficient (Wildman–Crippen LogP) is 3.58. The Balaban J connectivity index is 1.76. The normalized spacial score (nSPS) is 14.3. The molecule has 1 aliphatic carbocycles. The van der Waals surface area contributed by atoms with Gasteiger partial charge in [-0.25, -0.2) is 14.4 Å². The lowest BCUT2D eigenvalue weighted by Gasteiger charge is -2.07. The first kappa shape index (κ1) is 14.3. The Bertz CT molecular complexity index is 887. The molecule has 0 atom stereocenters. The highest BCUT2D eigenvalue weighted by Gasteiger charge is 2.30. The Hall–Kier alpha value is -2.28. The van der Waals surface area contributed by atoms with Crippen LogP contribution in [0.2, 0.25) is 0 Å². The molecule has 1 fully saturated rings. The fourth-order valence-electron chi connectivity index (χ4n) is 2.49. The lowest BCUT2D eigenvalue weighted by Crippen LogP contribution is -2.02. The smallest absolute Gasteiger partial charge is 0.197 e. The summed E-state index contributed by atoms with van der Waals surface area (Å²) < 4.78 is 15.6. The van der Waals surface area contributed by atoms with Crippen LogP contribution in [0.1, 0.15) is 24.6 Å². The van der Waals surface area contributed by atoms with Crippen molar-refractivity contribution >= 4 is 22.7 Å². The molecule has 1 aromatic carbocycles. The van der Waals surface area contributed by atoms with Crippen molar-refractivity contribution in [1.29, 1.82) is 0 Å². The second-order valence-corrected chi connectivity index (χ2v) is 6.41. The van der Waals surface area contributed by atoms with Crippen molar-refractivity contribution in [3.63, 3.8) is 0 Å². The summed E-state index contributed by atoms with van der Waals surface area (Å²) in [5, 5.41) is 10.7. The number of halogens is 1. The van der Waals surface area contributed by atoms with Crippen molar-refractivity contribution in [2.45, 2.75) is 35.5 Å². The summed E-state index contributed by atoms with van der Waals surface area (Å²) in [7, 11) is 0. The van der Waals surface area contributed by atoms with E-state index in [1.54, 1.807) is 6.07 Å². The van der Waals surface area contributed by atoms with Gasteiger partial charge in [0.1, 0.15) is 23.0 Å². The minimum absolute atomic E-state index is 0.305. The van der Waals surface area contributed by atoms with Crippen molar-refractivity contribution in [2.75, 3.05) is 0 Å². The van der Waals surface area contributed by atoms with E-state index in [1.165, 1.54) is 30.2 Å².